The van der Waals surface area contributed by atoms with Gasteiger partial charge in [0.05, 0.1) is 6.10 Å². The molecule has 0 spiro atoms. The van der Waals surface area contributed by atoms with E-state index >= 15 is 0 Å². The SMILES string of the molecule is CCCNC1CCOC(c2cc(C)ccc2F)C1. The van der Waals surface area contributed by atoms with Gasteiger partial charge in [-0.15, -0.1) is 0 Å². The van der Waals surface area contributed by atoms with E-state index in [0.717, 1.165) is 31.4 Å². The van der Waals surface area contributed by atoms with Crippen molar-refractivity contribution in [2.24, 2.45) is 0 Å². The fourth-order valence-corrected chi connectivity index (χ4v) is 2.46. The zero-order valence-electron chi connectivity index (χ0n) is 11.2. The summed E-state index contributed by atoms with van der Waals surface area (Å²) in [5.41, 5.74) is 1.79. The summed E-state index contributed by atoms with van der Waals surface area (Å²) in [4.78, 5) is 0. The minimum Gasteiger partial charge on any atom is -0.373 e. The lowest BCUT2D eigenvalue weighted by Crippen LogP contribution is -2.36. The van der Waals surface area contributed by atoms with Crippen molar-refractivity contribution in [3.05, 3.63) is 35.1 Å². The lowest BCUT2D eigenvalue weighted by Gasteiger charge is -2.30. The van der Waals surface area contributed by atoms with E-state index in [-0.39, 0.29) is 11.9 Å². The number of aryl methyl sites for hydroxylation is 1. The monoisotopic (exact) mass is 251 g/mol. The van der Waals surface area contributed by atoms with Crippen molar-refractivity contribution in [2.45, 2.75) is 45.3 Å². The summed E-state index contributed by atoms with van der Waals surface area (Å²) in [6.07, 6.45) is 2.90. The fraction of sp³-hybridized carbons (Fsp3) is 0.600. The number of rotatable bonds is 4. The Morgan fingerprint density at radius 2 is 2.28 bits per heavy atom. The Morgan fingerprint density at radius 1 is 1.44 bits per heavy atom. The van der Waals surface area contributed by atoms with Crippen molar-refractivity contribution >= 4 is 0 Å². The van der Waals surface area contributed by atoms with E-state index in [4.69, 9.17) is 4.74 Å². The van der Waals surface area contributed by atoms with E-state index in [0.29, 0.717) is 18.2 Å². The highest BCUT2D eigenvalue weighted by Gasteiger charge is 2.25. The average molecular weight is 251 g/mol. The topological polar surface area (TPSA) is 21.3 Å². The van der Waals surface area contributed by atoms with Gasteiger partial charge in [-0.25, -0.2) is 4.39 Å². The second-order valence-corrected chi connectivity index (χ2v) is 5.06. The maximum atomic E-state index is 13.8. The van der Waals surface area contributed by atoms with Crippen LogP contribution in [0.15, 0.2) is 18.2 Å². The largest absolute Gasteiger partial charge is 0.373 e. The second kappa shape index (κ2) is 6.30. The first kappa shape index (κ1) is 13.5. The molecule has 2 unspecified atom stereocenters. The van der Waals surface area contributed by atoms with Crippen LogP contribution in [0.3, 0.4) is 0 Å². The van der Waals surface area contributed by atoms with Crippen LogP contribution < -0.4 is 5.32 Å². The molecular weight excluding hydrogens is 229 g/mol. The first-order chi connectivity index (χ1) is 8.70. The van der Waals surface area contributed by atoms with Crippen molar-refractivity contribution < 1.29 is 9.13 Å². The van der Waals surface area contributed by atoms with Gasteiger partial charge in [0, 0.05) is 18.2 Å². The van der Waals surface area contributed by atoms with Crippen LogP contribution in [0.5, 0.6) is 0 Å². The minimum atomic E-state index is -0.151. The fourth-order valence-electron chi connectivity index (χ4n) is 2.46. The molecule has 0 radical (unpaired) electrons. The Kier molecular flexibility index (Phi) is 4.72. The molecule has 0 aliphatic carbocycles. The van der Waals surface area contributed by atoms with Crippen molar-refractivity contribution in [2.75, 3.05) is 13.2 Å². The molecule has 0 aromatic heterocycles. The number of hydrogen-bond donors (Lipinski definition) is 1. The molecule has 1 N–H and O–H groups in total. The van der Waals surface area contributed by atoms with Gasteiger partial charge in [-0.1, -0.05) is 24.6 Å². The van der Waals surface area contributed by atoms with Crippen LogP contribution in [0.4, 0.5) is 4.39 Å². The lowest BCUT2D eigenvalue weighted by atomic mass is 9.96. The van der Waals surface area contributed by atoms with Gasteiger partial charge >= 0.3 is 0 Å². The van der Waals surface area contributed by atoms with E-state index in [2.05, 4.69) is 12.2 Å². The van der Waals surface area contributed by atoms with Gasteiger partial charge in [0.15, 0.2) is 0 Å². The van der Waals surface area contributed by atoms with Crippen molar-refractivity contribution in [1.29, 1.82) is 0 Å². The quantitative estimate of drug-likeness (QED) is 0.886. The molecular formula is C15H22FNO. The number of ether oxygens (including phenoxy) is 1. The highest BCUT2D eigenvalue weighted by molar-refractivity contribution is 5.26. The Bertz CT molecular complexity index is 394. The van der Waals surface area contributed by atoms with Gasteiger partial charge in [0.1, 0.15) is 5.82 Å². The molecule has 1 saturated heterocycles. The van der Waals surface area contributed by atoms with Crippen LogP contribution in [0.25, 0.3) is 0 Å². The molecule has 1 fully saturated rings. The molecule has 0 bridgehead atoms. The van der Waals surface area contributed by atoms with Crippen molar-refractivity contribution in [3.63, 3.8) is 0 Å². The van der Waals surface area contributed by atoms with Crippen LogP contribution in [0, 0.1) is 12.7 Å². The highest BCUT2D eigenvalue weighted by Crippen LogP contribution is 2.30. The molecule has 0 amide bonds. The predicted molar refractivity (Wildman–Crippen MR) is 71.1 cm³/mol. The van der Waals surface area contributed by atoms with Gasteiger partial charge in [0.2, 0.25) is 0 Å². The molecule has 18 heavy (non-hydrogen) atoms. The summed E-state index contributed by atoms with van der Waals surface area (Å²) in [7, 11) is 0. The van der Waals surface area contributed by atoms with Gasteiger partial charge in [-0.3, -0.25) is 0 Å². The normalized spacial score (nSPS) is 24.2. The lowest BCUT2D eigenvalue weighted by molar-refractivity contribution is -0.00160. The third kappa shape index (κ3) is 3.30. The molecule has 1 aromatic rings. The maximum Gasteiger partial charge on any atom is 0.129 e. The molecule has 2 rings (SSSR count). The Morgan fingerprint density at radius 3 is 3.06 bits per heavy atom. The molecule has 1 aromatic carbocycles. The minimum absolute atomic E-state index is 0.104. The van der Waals surface area contributed by atoms with Crippen LogP contribution >= 0.6 is 0 Å². The highest BCUT2D eigenvalue weighted by atomic mass is 19.1. The molecule has 2 nitrogen and oxygen atoms in total. The summed E-state index contributed by atoms with van der Waals surface area (Å²) >= 11 is 0. The molecule has 2 atom stereocenters. The molecule has 1 aliphatic rings. The maximum absolute atomic E-state index is 13.8. The zero-order valence-corrected chi connectivity index (χ0v) is 11.2. The summed E-state index contributed by atoms with van der Waals surface area (Å²) in [6, 6.07) is 5.69. The van der Waals surface area contributed by atoms with Gasteiger partial charge in [-0.2, -0.15) is 0 Å². The van der Waals surface area contributed by atoms with Gasteiger partial charge in [0.25, 0.3) is 0 Å². The second-order valence-electron chi connectivity index (χ2n) is 5.06. The average Bonchev–Trinajstić information content (AvgIpc) is 2.39. The van der Waals surface area contributed by atoms with Crippen LogP contribution in [-0.2, 0) is 4.74 Å². The number of nitrogens with one attached hydrogen (secondary N) is 1. The standard InChI is InChI=1S/C15H22FNO/c1-3-7-17-12-6-8-18-15(10-12)13-9-11(2)4-5-14(13)16/h4-5,9,12,15,17H,3,6-8,10H2,1-2H3. The third-order valence-electron chi connectivity index (χ3n) is 3.47. The van der Waals surface area contributed by atoms with E-state index in [1.807, 2.05) is 13.0 Å². The van der Waals surface area contributed by atoms with E-state index in [9.17, 15) is 4.39 Å². The first-order valence-corrected chi connectivity index (χ1v) is 6.81. The van der Waals surface area contributed by atoms with Gasteiger partial charge in [-0.05, 0) is 38.8 Å². The van der Waals surface area contributed by atoms with Crippen LogP contribution in [0.2, 0.25) is 0 Å². The summed E-state index contributed by atoms with van der Waals surface area (Å²) in [5.74, 6) is -0.151. The number of hydrogen-bond acceptors (Lipinski definition) is 2. The summed E-state index contributed by atoms with van der Waals surface area (Å²) in [5, 5.41) is 3.50. The first-order valence-electron chi connectivity index (χ1n) is 6.81. The Labute approximate surface area is 109 Å². The molecule has 100 valence electrons. The number of halogens is 1. The smallest absolute Gasteiger partial charge is 0.129 e. The van der Waals surface area contributed by atoms with Crippen molar-refractivity contribution in [1.82, 2.24) is 5.32 Å². The number of benzene rings is 1. The van der Waals surface area contributed by atoms with Gasteiger partial charge < -0.3 is 10.1 Å². The van der Waals surface area contributed by atoms with Crippen LogP contribution in [0.1, 0.15) is 43.4 Å². The molecule has 1 heterocycles. The third-order valence-corrected chi connectivity index (χ3v) is 3.47. The molecule has 1 aliphatic heterocycles. The summed E-state index contributed by atoms with van der Waals surface area (Å²) in [6.45, 7) is 5.87. The van der Waals surface area contributed by atoms with E-state index < -0.39 is 0 Å². The Balaban J connectivity index is 2.05. The zero-order chi connectivity index (χ0) is 13.0. The molecule has 0 saturated carbocycles. The Hall–Kier alpha value is -0.930. The van der Waals surface area contributed by atoms with Crippen LogP contribution in [-0.4, -0.2) is 19.2 Å². The molecule has 3 heteroatoms. The van der Waals surface area contributed by atoms with E-state index in [1.165, 1.54) is 6.07 Å². The van der Waals surface area contributed by atoms with E-state index in [1.54, 1.807) is 6.07 Å². The summed E-state index contributed by atoms with van der Waals surface area (Å²) < 4.78 is 19.6. The van der Waals surface area contributed by atoms with Crippen molar-refractivity contribution in [3.8, 4) is 0 Å². The predicted octanol–water partition coefficient (Wildman–Crippen LogP) is 3.35.